The number of hydrogen-bond donors (Lipinski definition) is 1. The van der Waals surface area contributed by atoms with Crippen molar-refractivity contribution in [3.05, 3.63) is 35.9 Å². The molecule has 0 unspecified atom stereocenters. The molecule has 2 rings (SSSR count). The van der Waals surface area contributed by atoms with Crippen molar-refractivity contribution in [2.24, 2.45) is 5.92 Å². The van der Waals surface area contributed by atoms with E-state index >= 15 is 0 Å². The quantitative estimate of drug-likeness (QED) is 0.902. The number of hydrogen-bond acceptors (Lipinski definition) is 3. The summed E-state index contributed by atoms with van der Waals surface area (Å²) >= 11 is 0. The van der Waals surface area contributed by atoms with Crippen molar-refractivity contribution >= 4 is 11.9 Å². The summed E-state index contributed by atoms with van der Waals surface area (Å²) in [7, 11) is 1.65. The van der Waals surface area contributed by atoms with Gasteiger partial charge in [-0.2, -0.15) is 0 Å². The minimum atomic E-state index is -0.894. The molecule has 0 saturated carbocycles. The topological polar surface area (TPSA) is 66.8 Å². The Bertz CT molecular complexity index is 488. The molecule has 1 heterocycles. The van der Waals surface area contributed by atoms with E-state index in [0.717, 1.165) is 18.4 Å². The molecule has 1 amide bonds. The molecule has 1 saturated heterocycles. The lowest BCUT2D eigenvalue weighted by atomic mass is 9.88. The summed E-state index contributed by atoms with van der Waals surface area (Å²) in [6, 6.07) is 9.73. The fourth-order valence-electron chi connectivity index (χ4n) is 2.66. The van der Waals surface area contributed by atoms with E-state index in [1.54, 1.807) is 7.05 Å². The Morgan fingerprint density at radius 3 is 2.71 bits per heavy atom. The van der Waals surface area contributed by atoms with E-state index in [-0.39, 0.29) is 30.9 Å². The molecule has 1 aromatic rings. The Morgan fingerprint density at radius 2 is 2.05 bits per heavy atom. The first-order chi connectivity index (χ1) is 10.1. The van der Waals surface area contributed by atoms with Gasteiger partial charge < -0.3 is 14.7 Å². The molecule has 1 fully saturated rings. The maximum absolute atomic E-state index is 12.5. The molecule has 0 radical (unpaired) electrons. The first-order valence-corrected chi connectivity index (χ1v) is 7.23. The van der Waals surface area contributed by atoms with E-state index in [4.69, 9.17) is 9.84 Å². The molecular weight excluding hydrogens is 270 g/mol. The highest BCUT2D eigenvalue weighted by Gasteiger charge is 2.34. The van der Waals surface area contributed by atoms with Crippen molar-refractivity contribution in [2.45, 2.75) is 25.4 Å². The summed E-state index contributed by atoms with van der Waals surface area (Å²) in [6.07, 6.45) is 1.36. The van der Waals surface area contributed by atoms with E-state index in [1.807, 2.05) is 30.3 Å². The van der Waals surface area contributed by atoms with E-state index < -0.39 is 5.97 Å². The van der Waals surface area contributed by atoms with Crippen LogP contribution in [0.1, 0.15) is 30.9 Å². The van der Waals surface area contributed by atoms with Gasteiger partial charge in [0.15, 0.2) is 0 Å². The number of amides is 1. The summed E-state index contributed by atoms with van der Waals surface area (Å²) in [6.45, 7) is 0.883. The van der Waals surface area contributed by atoms with Crippen LogP contribution >= 0.6 is 0 Å². The highest BCUT2D eigenvalue weighted by Crippen LogP contribution is 2.34. The van der Waals surface area contributed by atoms with Crippen molar-refractivity contribution in [2.75, 3.05) is 20.2 Å². The van der Waals surface area contributed by atoms with Crippen LogP contribution in [0.15, 0.2) is 30.3 Å². The molecule has 1 N–H and O–H groups in total. The zero-order chi connectivity index (χ0) is 15.2. The number of carbonyl (C=O) groups is 2. The van der Waals surface area contributed by atoms with Crippen LogP contribution in [0.2, 0.25) is 0 Å². The van der Waals surface area contributed by atoms with Gasteiger partial charge >= 0.3 is 5.97 Å². The third kappa shape index (κ3) is 4.04. The fourth-order valence-corrected chi connectivity index (χ4v) is 2.66. The average molecular weight is 291 g/mol. The lowest BCUT2D eigenvalue weighted by Gasteiger charge is -2.33. The summed E-state index contributed by atoms with van der Waals surface area (Å²) in [4.78, 5) is 24.7. The van der Waals surface area contributed by atoms with Crippen LogP contribution in [0.4, 0.5) is 0 Å². The second kappa shape index (κ2) is 7.22. The molecule has 0 spiro atoms. The number of aliphatic carboxylic acids is 1. The number of carboxylic acids is 1. The highest BCUT2D eigenvalue weighted by atomic mass is 16.5. The average Bonchev–Trinajstić information content (AvgIpc) is 2.52. The highest BCUT2D eigenvalue weighted by molar-refractivity contribution is 5.80. The van der Waals surface area contributed by atoms with Crippen molar-refractivity contribution in [1.82, 2.24) is 4.90 Å². The first-order valence-electron chi connectivity index (χ1n) is 7.23. The van der Waals surface area contributed by atoms with E-state index in [0.29, 0.717) is 6.61 Å². The molecule has 5 nitrogen and oxygen atoms in total. The summed E-state index contributed by atoms with van der Waals surface area (Å²) in [5, 5.41) is 8.72. The molecule has 1 aliphatic rings. The van der Waals surface area contributed by atoms with Crippen LogP contribution in [-0.2, 0) is 14.3 Å². The third-order valence-corrected chi connectivity index (χ3v) is 3.80. The molecular formula is C16H21NO4. The van der Waals surface area contributed by atoms with Crippen molar-refractivity contribution in [1.29, 1.82) is 0 Å². The van der Waals surface area contributed by atoms with Gasteiger partial charge in [-0.05, 0) is 18.4 Å². The summed E-state index contributed by atoms with van der Waals surface area (Å²) < 4.78 is 5.81. The van der Waals surface area contributed by atoms with E-state index in [2.05, 4.69) is 0 Å². The number of benzene rings is 1. The molecule has 5 heteroatoms. The number of ether oxygens (including phenoxy) is 1. The molecule has 1 aromatic carbocycles. The monoisotopic (exact) mass is 291 g/mol. The number of rotatable bonds is 5. The zero-order valence-electron chi connectivity index (χ0n) is 12.2. The Hall–Kier alpha value is -1.88. The van der Waals surface area contributed by atoms with E-state index in [1.165, 1.54) is 4.90 Å². The molecule has 114 valence electrons. The van der Waals surface area contributed by atoms with Gasteiger partial charge in [0, 0.05) is 20.2 Å². The maximum Gasteiger partial charge on any atom is 0.305 e. The van der Waals surface area contributed by atoms with E-state index in [9.17, 15) is 9.59 Å². The Balaban J connectivity index is 2.07. The van der Waals surface area contributed by atoms with Gasteiger partial charge in [-0.25, -0.2) is 0 Å². The normalized spacial score (nSPS) is 21.8. The van der Waals surface area contributed by atoms with Crippen LogP contribution in [0.3, 0.4) is 0 Å². The third-order valence-electron chi connectivity index (χ3n) is 3.80. The molecule has 2 atom stereocenters. The smallest absolute Gasteiger partial charge is 0.305 e. The maximum atomic E-state index is 12.5. The second-order valence-corrected chi connectivity index (χ2v) is 5.35. The van der Waals surface area contributed by atoms with Gasteiger partial charge in [0.2, 0.25) is 5.91 Å². The number of nitrogens with zero attached hydrogens (tertiary/aromatic N) is 1. The van der Waals surface area contributed by atoms with Gasteiger partial charge in [-0.15, -0.1) is 0 Å². The van der Waals surface area contributed by atoms with Crippen LogP contribution in [0.5, 0.6) is 0 Å². The van der Waals surface area contributed by atoms with Crippen LogP contribution in [0, 0.1) is 5.92 Å². The Kier molecular flexibility index (Phi) is 5.33. The summed E-state index contributed by atoms with van der Waals surface area (Å²) in [5.41, 5.74) is 1.00. The van der Waals surface area contributed by atoms with Crippen LogP contribution in [0.25, 0.3) is 0 Å². The van der Waals surface area contributed by atoms with Crippen molar-refractivity contribution < 1.29 is 19.4 Å². The van der Waals surface area contributed by atoms with Gasteiger partial charge in [0.05, 0.1) is 18.4 Å². The zero-order valence-corrected chi connectivity index (χ0v) is 12.2. The SMILES string of the molecule is CN(CCC(=O)O)C(=O)[C@H]1CCCO[C@H]1c1ccccc1. The lowest BCUT2D eigenvalue weighted by Crippen LogP contribution is -2.39. The van der Waals surface area contributed by atoms with Crippen molar-refractivity contribution in [3.8, 4) is 0 Å². The molecule has 0 aliphatic carbocycles. The Morgan fingerprint density at radius 1 is 1.33 bits per heavy atom. The number of carbonyl (C=O) groups excluding carboxylic acids is 1. The predicted molar refractivity (Wildman–Crippen MR) is 77.7 cm³/mol. The van der Waals surface area contributed by atoms with Gasteiger partial charge in [0.25, 0.3) is 0 Å². The fraction of sp³-hybridized carbons (Fsp3) is 0.500. The van der Waals surface area contributed by atoms with Crippen LogP contribution in [-0.4, -0.2) is 42.1 Å². The molecule has 0 aromatic heterocycles. The minimum absolute atomic E-state index is 0.0359. The summed E-state index contributed by atoms with van der Waals surface area (Å²) in [5.74, 6) is -1.17. The lowest BCUT2D eigenvalue weighted by molar-refractivity contribution is -0.145. The van der Waals surface area contributed by atoms with Gasteiger partial charge in [-0.1, -0.05) is 30.3 Å². The largest absolute Gasteiger partial charge is 0.481 e. The predicted octanol–water partition coefficient (Wildman–Crippen LogP) is 2.09. The molecule has 1 aliphatic heterocycles. The minimum Gasteiger partial charge on any atom is -0.481 e. The molecule has 0 bridgehead atoms. The Labute approximate surface area is 124 Å². The standard InChI is InChI=1S/C16H21NO4/c1-17(10-9-14(18)19)16(20)13-8-5-11-21-15(13)12-6-3-2-4-7-12/h2-4,6-7,13,15H,5,8-11H2,1H3,(H,18,19)/t13-,15-/m0/s1. The number of carboxylic acid groups (broad SMARTS) is 1. The first kappa shape index (κ1) is 15.5. The molecule has 21 heavy (non-hydrogen) atoms. The van der Waals surface area contributed by atoms with Gasteiger partial charge in [0.1, 0.15) is 0 Å². The second-order valence-electron chi connectivity index (χ2n) is 5.35. The van der Waals surface area contributed by atoms with Gasteiger partial charge in [-0.3, -0.25) is 9.59 Å². The van der Waals surface area contributed by atoms with Crippen LogP contribution < -0.4 is 0 Å². The van der Waals surface area contributed by atoms with Crippen molar-refractivity contribution in [3.63, 3.8) is 0 Å².